The Morgan fingerprint density at radius 3 is 1.78 bits per heavy atom. The molecule has 0 bridgehead atoms. The highest BCUT2D eigenvalue weighted by molar-refractivity contribution is 6.33. The molecular weight excluding hydrogens is 432 g/mol. The van der Waals surface area contributed by atoms with E-state index >= 15 is 0 Å². The molecule has 0 nitrogen and oxygen atoms in total. The Hall–Kier alpha value is -4.68. The summed E-state index contributed by atoms with van der Waals surface area (Å²) in [7, 11) is 0. The topological polar surface area (TPSA) is 0 Å². The van der Waals surface area contributed by atoms with Crippen LogP contribution in [0.1, 0.15) is 0 Å². The SMILES string of the molecule is [c]1c2ccccc2c2ccc3cccc4cc(-c5ccc6ccc7cccc8ccc5c6c78)c1c2c34. The third-order valence-corrected chi connectivity index (χ3v) is 8.19. The first-order valence-electron chi connectivity index (χ1n) is 12.5. The molecule has 0 atom stereocenters. The molecule has 0 aromatic heterocycles. The first kappa shape index (κ1) is 18.6. The summed E-state index contributed by atoms with van der Waals surface area (Å²) >= 11 is 0. The minimum atomic E-state index is 1.17. The summed E-state index contributed by atoms with van der Waals surface area (Å²) in [6.45, 7) is 0. The van der Waals surface area contributed by atoms with Crippen LogP contribution in [0.3, 0.4) is 0 Å². The molecule has 9 aromatic carbocycles. The van der Waals surface area contributed by atoms with Crippen LogP contribution in [-0.2, 0) is 0 Å². The normalized spacial score (nSPS) is 12.4. The first-order valence-corrected chi connectivity index (χ1v) is 12.5. The van der Waals surface area contributed by atoms with Gasteiger partial charge in [-0.3, -0.25) is 0 Å². The highest BCUT2D eigenvalue weighted by Crippen LogP contribution is 2.46. The Morgan fingerprint density at radius 1 is 0.361 bits per heavy atom. The Bertz CT molecular complexity index is 2290. The lowest BCUT2D eigenvalue weighted by molar-refractivity contribution is 1.73. The smallest absolute Gasteiger partial charge is 0.000697 e. The molecule has 0 amide bonds. The van der Waals surface area contributed by atoms with Gasteiger partial charge in [-0.2, -0.15) is 0 Å². The average molecular weight is 452 g/mol. The van der Waals surface area contributed by atoms with Crippen LogP contribution in [0.4, 0.5) is 0 Å². The molecule has 0 spiro atoms. The van der Waals surface area contributed by atoms with Crippen molar-refractivity contribution >= 4 is 75.4 Å². The molecule has 9 aromatic rings. The van der Waals surface area contributed by atoms with Crippen LogP contribution in [0.15, 0.2) is 115 Å². The van der Waals surface area contributed by atoms with Crippen molar-refractivity contribution in [3.05, 3.63) is 121 Å². The third-order valence-electron chi connectivity index (χ3n) is 8.19. The van der Waals surface area contributed by atoms with Gasteiger partial charge in [-0.15, -0.1) is 0 Å². The van der Waals surface area contributed by atoms with Gasteiger partial charge in [0, 0.05) is 0 Å². The fourth-order valence-electron chi connectivity index (χ4n) is 6.65. The zero-order valence-electron chi connectivity index (χ0n) is 19.5. The van der Waals surface area contributed by atoms with Gasteiger partial charge < -0.3 is 0 Å². The van der Waals surface area contributed by atoms with Crippen molar-refractivity contribution in [1.82, 2.24) is 0 Å². The van der Waals surface area contributed by atoms with Gasteiger partial charge in [0.15, 0.2) is 0 Å². The lowest BCUT2D eigenvalue weighted by atomic mass is 9.84. The summed E-state index contributed by atoms with van der Waals surface area (Å²) in [4.78, 5) is 0. The quantitative estimate of drug-likeness (QED) is 0.172. The fourth-order valence-corrected chi connectivity index (χ4v) is 6.65. The van der Waals surface area contributed by atoms with Crippen molar-refractivity contribution < 1.29 is 0 Å². The van der Waals surface area contributed by atoms with Crippen LogP contribution in [0.5, 0.6) is 0 Å². The largest absolute Gasteiger partial charge is 0.0616 e. The molecule has 163 valence electrons. The standard InChI is InChI=1S/C36H19/c1-2-10-27-25(5-1)19-32-31(20-26-9-4-8-23-14-17-29(27)36(32)34(23)26)28-16-13-24-12-11-21-6-3-7-22-15-18-30(28)35(24)33(21)22/h1-18,20H. The molecule has 0 aliphatic carbocycles. The van der Waals surface area contributed by atoms with E-state index in [-0.39, 0.29) is 0 Å². The van der Waals surface area contributed by atoms with Crippen molar-refractivity contribution in [3.8, 4) is 11.1 Å². The second-order valence-electron chi connectivity index (χ2n) is 10.0. The summed E-state index contributed by atoms with van der Waals surface area (Å²) in [6.07, 6.45) is 0. The van der Waals surface area contributed by atoms with E-state index in [1.165, 1.54) is 86.5 Å². The Kier molecular flexibility index (Phi) is 3.36. The van der Waals surface area contributed by atoms with Crippen LogP contribution in [-0.4, -0.2) is 0 Å². The number of fused-ring (bicyclic) bond motifs is 2. The zero-order valence-corrected chi connectivity index (χ0v) is 19.5. The maximum Gasteiger partial charge on any atom is -0.000697 e. The van der Waals surface area contributed by atoms with Gasteiger partial charge in [0.25, 0.3) is 0 Å². The van der Waals surface area contributed by atoms with E-state index in [9.17, 15) is 0 Å². The van der Waals surface area contributed by atoms with Crippen LogP contribution >= 0.6 is 0 Å². The molecule has 1 radical (unpaired) electrons. The minimum absolute atomic E-state index is 1.17. The molecule has 36 heavy (non-hydrogen) atoms. The molecule has 0 heterocycles. The monoisotopic (exact) mass is 451 g/mol. The third kappa shape index (κ3) is 2.25. The summed E-state index contributed by atoms with van der Waals surface area (Å²) < 4.78 is 0. The highest BCUT2D eigenvalue weighted by Gasteiger charge is 2.18. The molecule has 9 rings (SSSR count). The van der Waals surface area contributed by atoms with Crippen LogP contribution in [0.2, 0.25) is 0 Å². The van der Waals surface area contributed by atoms with Gasteiger partial charge in [0.1, 0.15) is 0 Å². The predicted molar refractivity (Wildman–Crippen MR) is 156 cm³/mol. The number of hydrogen-bond acceptors (Lipinski definition) is 0. The average Bonchev–Trinajstić information content (AvgIpc) is 2.94. The second kappa shape index (κ2) is 6.50. The van der Waals surface area contributed by atoms with Crippen molar-refractivity contribution in [2.45, 2.75) is 0 Å². The summed E-state index contributed by atoms with van der Waals surface area (Å²) in [6, 6.07) is 46.5. The van der Waals surface area contributed by atoms with Crippen molar-refractivity contribution in [3.63, 3.8) is 0 Å². The van der Waals surface area contributed by atoms with Crippen molar-refractivity contribution in [2.24, 2.45) is 0 Å². The molecule has 0 fully saturated rings. The Balaban J connectivity index is 1.53. The van der Waals surface area contributed by atoms with E-state index in [2.05, 4.69) is 121 Å². The number of rotatable bonds is 1. The molecular formula is C36H19. The van der Waals surface area contributed by atoms with Gasteiger partial charge in [0.2, 0.25) is 0 Å². The van der Waals surface area contributed by atoms with Gasteiger partial charge in [-0.25, -0.2) is 0 Å². The maximum atomic E-state index is 3.86. The molecule has 0 aliphatic rings. The maximum absolute atomic E-state index is 3.86. The van der Waals surface area contributed by atoms with Crippen molar-refractivity contribution in [1.29, 1.82) is 0 Å². The Morgan fingerprint density at radius 2 is 0.972 bits per heavy atom. The molecule has 0 unspecified atom stereocenters. The second-order valence-corrected chi connectivity index (χ2v) is 10.0. The van der Waals surface area contributed by atoms with Crippen LogP contribution in [0.25, 0.3) is 86.5 Å². The molecule has 0 saturated carbocycles. The van der Waals surface area contributed by atoms with Crippen LogP contribution < -0.4 is 0 Å². The van der Waals surface area contributed by atoms with E-state index < -0.39 is 0 Å². The van der Waals surface area contributed by atoms with Gasteiger partial charge >= 0.3 is 0 Å². The predicted octanol–water partition coefficient (Wildman–Crippen LogP) is 10.1. The van der Waals surface area contributed by atoms with E-state index in [1.807, 2.05) is 0 Å². The number of hydrogen-bond donors (Lipinski definition) is 0. The van der Waals surface area contributed by atoms with E-state index in [4.69, 9.17) is 0 Å². The molecule has 0 N–H and O–H groups in total. The lowest BCUT2D eigenvalue weighted by Crippen LogP contribution is -1.91. The first-order chi connectivity index (χ1) is 17.8. The minimum Gasteiger partial charge on any atom is -0.0616 e. The van der Waals surface area contributed by atoms with Gasteiger partial charge in [-0.1, -0.05) is 109 Å². The van der Waals surface area contributed by atoms with E-state index in [0.29, 0.717) is 0 Å². The zero-order chi connectivity index (χ0) is 23.4. The van der Waals surface area contributed by atoms with Gasteiger partial charge in [-0.05, 0) is 98.7 Å². The molecule has 0 saturated heterocycles. The van der Waals surface area contributed by atoms with E-state index in [0.717, 1.165) is 0 Å². The summed E-state index contributed by atoms with van der Waals surface area (Å²) in [5.74, 6) is 0. The summed E-state index contributed by atoms with van der Waals surface area (Å²) in [5.41, 5.74) is 2.54. The van der Waals surface area contributed by atoms with E-state index in [1.54, 1.807) is 0 Å². The molecule has 0 heteroatoms. The number of benzene rings is 9. The lowest BCUT2D eigenvalue weighted by Gasteiger charge is -2.19. The van der Waals surface area contributed by atoms with Crippen molar-refractivity contribution in [2.75, 3.05) is 0 Å². The molecule has 0 aliphatic heterocycles. The Labute approximate surface area is 207 Å². The summed E-state index contributed by atoms with van der Waals surface area (Å²) in [5, 5.41) is 18.1. The van der Waals surface area contributed by atoms with Crippen LogP contribution in [0, 0.1) is 6.07 Å². The fraction of sp³-hybridized carbons (Fsp3) is 0. The van der Waals surface area contributed by atoms with Gasteiger partial charge in [0.05, 0.1) is 0 Å². The highest BCUT2D eigenvalue weighted by atomic mass is 14.2.